The quantitative estimate of drug-likeness (QED) is 0.725. The van der Waals surface area contributed by atoms with Crippen molar-refractivity contribution < 1.29 is 18.3 Å². The lowest BCUT2D eigenvalue weighted by Crippen LogP contribution is -2.36. The van der Waals surface area contributed by atoms with Crippen molar-refractivity contribution in [3.05, 3.63) is 35.4 Å². The van der Waals surface area contributed by atoms with Crippen LogP contribution in [0.4, 0.5) is 8.78 Å². The van der Waals surface area contributed by atoms with E-state index < -0.39 is 23.6 Å². The summed E-state index contributed by atoms with van der Waals surface area (Å²) in [4.78, 5) is 11.2. The molecule has 0 bridgehead atoms. The number of hydrogen-bond acceptors (Lipinski definition) is 3. The lowest BCUT2D eigenvalue weighted by molar-refractivity contribution is -0.120. The Hall–Kier alpha value is -1.53. The molecule has 0 aliphatic carbocycles. The average molecular weight is 244 g/mol. The molecule has 0 saturated carbocycles. The van der Waals surface area contributed by atoms with Gasteiger partial charge in [0.05, 0.1) is 6.61 Å². The molecule has 1 unspecified atom stereocenters. The molecule has 0 aliphatic rings. The summed E-state index contributed by atoms with van der Waals surface area (Å²) in [6.07, 6.45) is 0. The first-order chi connectivity index (χ1) is 8.07. The van der Waals surface area contributed by atoms with Gasteiger partial charge in [0.15, 0.2) is 11.6 Å². The number of nitrogens with two attached hydrogens (primary N) is 1. The van der Waals surface area contributed by atoms with Crippen LogP contribution in [-0.4, -0.2) is 26.2 Å². The van der Waals surface area contributed by atoms with Crippen LogP contribution in [-0.2, 0) is 9.53 Å². The van der Waals surface area contributed by atoms with Gasteiger partial charge in [-0.2, -0.15) is 0 Å². The standard InChI is InChI=1S/C11H14F2N2O2/c1-17-6-5-15-10(11(14)16)7-3-2-4-8(12)9(7)13/h2-4,10,15H,5-6H2,1H3,(H2,14,16). The molecule has 1 rings (SSSR count). The van der Waals surface area contributed by atoms with Crippen molar-refractivity contribution in [1.82, 2.24) is 5.32 Å². The highest BCUT2D eigenvalue weighted by Gasteiger charge is 2.22. The summed E-state index contributed by atoms with van der Waals surface area (Å²) in [6, 6.07) is 2.54. The summed E-state index contributed by atoms with van der Waals surface area (Å²) in [5, 5.41) is 2.70. The molecule has 0 radical (unpaired) electrons. The van der Waals surface area contributed by atoms with Crippen molar-refractivity contribution in [2.24, 2.45) is 5.73 Å². The Morgan fingerprint density at radius 2 is 2.24 bits per heavy atom. The summed E-state index contributed by atoms with van der Waals surface area (Å²) in [5.41, 5.74) is 5.04. The van der Waals surface area contributed by atoms with Gasteiger partial charge >= 0.3 is 0 Å². The van der Waals surface area contributed by atoms with Crippen LogP contribution in [0.3, 0.4) is 0 Å². The number of nitrogens with one attached hydrogen (secondary N) is 1. The Bertz CT molecular complexity index is 399. The second-order valence-electron chi connectivity index (χ2n) is 3.43. The molecule has 4 nitrogen and oxygen atoms in total. The monoisotopic (exact) mass is 244 g/mol. The average Bonchev–Trinajstić information content (AvgIpc) is 2.29. The molecule has 1 aromatic carbocycles. The number of carbonyl (C=O) groups excluding carboxylic acids is 1. The molecule has 6 heteroatoms. The van der Waals surface area contributed by atoms with Crippen molar-refractivity contribution in [2.45, 2.75) is 6.04 Å². The van der Waals surface area contributed by atoms with Gasteiger partial charge in [-0.15, -0.1) is 0 Å². The third-order valence-corrected chi connectivity index (χ3v) is 2.23. The Balaban J connectivity index is 2.90. The largest absolute Gasteiger partial charge is 0.383 e. The first kappa shape index (κ1) is 13.5. The van der Waals surface area contributed by atoms with Crippen LogP contribution >= 0.6 is 0 Å². The third-order valence-electron chi connectivity index (χ3n) is 2.23. The predicted octanol–water partition coefficient (Wildman–Crippen LogP) is 0.727. The zero-order chi connectivity index (χ0) is 12.8. The lowest BCUT2D eigenvalue weighted by Gasteiger charge is -2.16. The van der Waals surface area contributed by atoms with Crippen LogP contribution in [0.1, 0.15) is 11.6 Å². The minimum atomic E-state index is -1.07. The lowest BCUT2D eigenvalue weighted by atomic mass is 10.1. The molecule has 17 heavy (non-hydrogen) atoms. The van der Waals surface area contributed by atoms with Gasteiger partial charge in [0.25, 0.3) is 0 Å². The summed E-state index contributed by atoms with van der Waals surface area (Å²) >= 11 is 0. The van der Waals surface area contributed by atoms with Gasteiger partial charge in [-0.25, -0.2) is 8.78 Å². The highest BCUT2D eigenvalue weighted by molar-refractivity contribution is 5.81. The molecule has 0 spiro atoms. The van der Waals surface area contributed by atoms with E-state index in [1.54, 1.807) is 0 Å². The summed E-state index contributed by atoms with van der Waals surface area (Å²) in [6.45, 7) is 0.640. The van der Waals surface area contributed by atoms with Gasteiger partial charge in [0, 0.05) is 19.2 Å². The number of amides is 1. The maximum absolute atomic E-state index is 13.5. The Kier molecular flexibility index (Phi) is 4.99. The Labute approximate surface area is 97.8 Å². The summed E-state index contributed by atoms with van der Waals surface area (Å²) in [5.74, 6) is -2.85. The second kappa shape index (κ2) is 6.27. The van der Waals surface area contributed by atoms with Crippen LogP contribution in [0.5, 0.6) is 0 Å². The number of ether oxygens (including phenoxy) is 1. The fourth-order valence-electron chi connectivity index (χ4n) is 1.41. The van der Waals surface area contributed by atoms with Gasteiger partial charge in [-0.05, 0) is 6.07 Å². The molecule has 0 fully saturated rings. The van der Waals surface area contributed by atoms with Crippen molar-refractivity contribution in [3.8, 4) is 0 Å². The normalized spacial score (nSPS) is 12.4. The van der Waals surface area contributed by atoms with Gasteiger partial charge in [-0.3, -0.25) is 10.1 Å². The van der Waals surface area contributed by atoms with E-state index in [-0.39, 0.29) is 5.56 Å². The minimum absolute atomic E-state index is 0.103. The molecule has 1 aromatic rings. The first-order valence-electron chi connectivity index (χ1n) is 5.03. The molecule has 1 atom stereocenters. The zero-order valence-corrected chi connectivity index (χ0v) is 9.37. The van der Waals surface area contributed by atoms with Crippen LogP contribution < -0.4 is 11.1 Å². The highest BCUT2D eigenvalue weighted by Crippen LogP contribution is 2.18. The van der Waals surface area contributed by atoms with Crippen molar-refractivity contribution in [3.63, 3.8) is 0 Å². The van der Waals surface area contributed by atoms with E-state index in [0.29, 0.717) is 13.2 Å². The van der Waals surface area contributed by atoms with E-state index in [0.717, 1.165) is 6.07 Å². The molecular formula is C11H14F2N2O2. The molecule has 0 aromatic heterocycles. The Morgan fingerprint density at radius 3 is 2.82 bits per heavy atom. The summed E-state index contributed by atoms with van der Waals surface area (Å²) in [7, 11) is 1.49. The summed E-state index contributed by atoms with van der Waals surface area (Å²) < 4.78 is 31.3. The maximum atomic E-state index is 13.5. The van der Waals surface area contributed by atoms with Gasteiger partial charge in [0.2, 0.25) is 5.91 Å². The van der Waals surface area contributed by atoms with E-state index in [9.17, 15) is 13.6 Å². The van der Waals surface area contributed by atoms with Crippen LogP contribution in [0, 0.1) is 11.6 Å². The van der Waals surface area contributed by atoms with Gasteiger partial charge < -0.3 is 10.5 Å². The van der Waals surface area contributed by atoms with Crippen LogP contribution in [0.15, 0.2) is 18.2 Å². The number of halogens is 2. The minimum Gasteiger partial charge on any atom is -0.383 e. The maximum Gasteiger partial charge on any atom is 0.239 e. The fourth-order valence-corrected chi connectivity index (χ4v) is 1.41. The molecule has 0 saturated heterocycles. The topological polar surface area (TPSA) is 64.3 Å². The van der Waals surface area contributed by atoms with Gasteiger partial charge in [-0.1, -0.05) is 12.1 Å². The Morgan fingerprint density at radius 1 is 1.53 bits per heavy atom. The van der Waals surface area contributed by atoms with E-state index in [2.05, 4.69) is 5.32 Å². The van der Waals surface area contributed by atoms with Crippen LogP contribution in [0.2, 0.25) is 0 Å². The zero-order valence-electron chi connectivity index (χ0n) is 9.37. The number of primary amides is 1. The highest BCUT2D eigenvalue weighted by atomic mass is 19.2. The second-order valence-corrected chi connectivity index (χ2v) is 3.43. The number of methoxy groups -OCH3 is 1. The van der Waals surface area contributed by atoms with E-state index >= 15 is 0 Å². The number of benzene rings is 1. The molecule has 0 heterocycles. The predicted molar refractivity (Wildman–Crippen MR) is 58.2 cm³/mol. The van der Waals surface area contributed by atoms with E-state index in [4.69, 9.17) is 10.5 Å². The fraction of sp³-hybridized carbons (Fsp3) is 0.364. The third kappa shape index (κ3) is 3.47. The van der Waals surface area contributed by atoms with E-state index in [1.807, 2.05) is 0 Å². The SMILES string of the molecule is COCCNC(C(N)=O)c1cccc(F)c1F. The van der Waals surface area contributed by atoms with Crippen molar-refractivity contribution >= 4 is 5.91 Å². The van der Waals surface area contributed by atoms with Gasteiger partial charge in [0.1, 0.15) is 6.04 Å². The van der Waals surface area contributed by atoms with Crippen molar-refractivity contribution in [1.29, 1.82) is 0 Å². The number of hydrogen-bond donors (Lipinski definition) is 2. The molecule has 3 N–H and O–H groups in total. The smallest absolute Gasteiger partial charge is 0.239 e. The molecule has 0 aliphatic heterocycles. The number of carbonyl (C=O) groups is 1. The van der Waals surface area contributed by atoms with Crippen LogP contribution in [0.25, 0.3) is 0 Å². The molecule has 94 valence electrons. The van der Waals surface area contributed by atoms with E-state index in [1.165, 1.54) is 19.2 Å². The van der Waals surface area contributed by atoms with Crippen molar-refractivity contribution in [2.75, 3.05) is 20.3 Å². The molecular weight excluding hydrogens is 230 g/mol. The molecule has 1 amide bonds. The number of rotatable bonds is 6. The first-order valence-corrected chi connectivity index (χ1v) is 5.03.